The second-order valence-electron chi connectivity index (χ2n) is 5.73. The largest absolute Gasteiger partial charge is 0.477 e. The Bertz CT molecular complexity index is 984. The molecule has 0 bridgehead atoms. The number of aromatic carboxylic acids is 1. The van der Waals surface area contributed by atoms with Crippen molar-refractivity contribution in [2.45, 2.75) is 11.9 Å². The van der Waals surface area contributed by atoms with Gasteiger partial charge in [-0.2, -0.15) is 0 Å². The topological polar surface area (TPSA) is 46.6 Å². The van der Waals surface area contributed by atoms with Crippen molar-refractivity contribution in [3.8, 4) is 22.3 Å². The molecule has 26 heavy (non-hydrogen) atoms. The molecule has 0 aliphatic heterocycles. The van der Waals surface area contributed by atoms with Crippen LogP contribution in [0.2, 0.25) is 0 Å². The zero-order valence-electron chi connectivity index (χ0n) is 14.6. The van der Waals surface area contributed by atoms with Crippen molar-refractivity contribution >= 4 is 23.4 Å². The van der Waals surface area contributed by atoms with Gasteiger partial charge in [-0.05, 0) is 22.4 Å². The van der Waals surface area contributed by atoms with Crippen LogP contribution in [0, 0.1) is 6.57 Å². The first kappa shape index (κ1) is 17.8. The molecule has 0 amide bonds. The molecule has 0 unspecified atom stereocenters. The Labute approximate surface area is 156 Å². The minimum Gasteiger partial charge on any atom is -0.477 e. The number of nitrogens with zero attached hydrogens (tertiary/aromatic N) is 2. The number of carboxylic acids is 1. The standard InChI is InChI=1S/C21H18N2O2S/c1-4-26-20-18(22-2)17(19(21(24)25)23(20)3)16-12-10-15(11-13-16)14-8-6-5-7-9-14/h5-13H,4H2,1,3H3,(H,24,25). The fraction of sp³-hybridized carbons (Fsp3) is 0.143. The lowest BCUT2D eigenvalue weighted by Gasteiger charge is -2.07. The van der Waals surface area contributed by atoms with Gasteiger partial charge < -0.3 is 9.67 Å². The third-order valence-corrected chi connectivity index (χ3v) is 5.22. The Balaban J connectivity index is 2.16. The van der Waals surface area contributed by atoms with Gasteiger partial charge in [0.25, 0.3) is 0 Å². The summed E-state index contributed by atoms with van der Waals surface area (Å²) in [4.78, 5) is 15.5. The Kier molecular flexibility index (Phi) is 5.15. The van der Waals surface area contributed by atoms with E-state index in [0.717, 1.165) is 22.4 Å². The Hall–Kier alpha value is -2.97. The Morgan fingerprint density at radius 3 is 2.19 bits per heavy atom. The number of thioether (sulfide) groups is 1. The summed E-state index contributed by atoms with van der Waals surface area (Å²) in [6.45, 7) is 9.57. The van der Waals surface area contributed by atoms with Gasteiger partial charge in [0.1, 0.15) is 5.69 Å². The molecule has 0 spiro atoms. The molecule has 4 nitrogen and oxygen atoms in total. The summed E-state index contributed by atoms with van der Waals surface area (Å²) >= 11 is 1.49. The predicted molar refractivity (Wildman–Crippen MR) is 106 cm³/mol. The maximum absolute atomic E-state index is 11.9. The van der Waals surface area contributed by atoms with Gasteiger partial charge in [-0.15, -0.1) is 11.8 Å². The molecule has 1 N–H and O–H groups in total. The highest BCUT2D eigenvalue weighted by Crippen LogP contribution is 2.43. The molecule has 130 valence electrons. The molecule has 0 saturated carbocycles. The van der Waals surface area contributed by atoms with E-state index < -0.39 is 5.97 Å². The third-order valence-electron chi connectivity index (χ3n) is 4.19. The maximum Gasteiger partial charge on any atom is 0.351 e. The van der Waals surface area contributed by atoms with Crippen LogP contribution in [0.15, 0.2) is 59.6 Å². The SMILES string of the molecule is [C-]#[N+]c1c(-c2ccc(-c3ccccc3)cc2)c(C(=O)O)n(C)c1SCC. The number of hydrogen-bond acceptors (Lipinski definition) is 2. The van der Waals surface area contributed by atoms with Crippen LogP contribution in [-0.4, -0.2) is 21.4 Å². The lowest BCUT2D eigenvalue weighted by Crippen LogP contribution is -2.06. The van der Waals surface area contributed by atoms with Gasteiger partial charge in [0.15, 0.2) is 0 Å². The first-order chi connectivity index (χ1) is 12.6. The molecule has 1 aromatic heterocycles. The van der Waals surface area contributed by atoms with Crippen molar-refractivity contribution in [3.63, 3.8) is 0 Å². The van der Waals surface area contributed by atoms with Crippen LogP contribution in [0.1, 0.15) is 17.4 Å². The van der Waals surface area contributed by atoms with Gasteiger partial charge in [-0.3, -0.25) is 0 Å². The van der Waals surface area contributed by atoms with Gasteiger partial charge >= 0.3 is 5.97 Å². The monoisotopic (exact) mass is 362 g/mol. The smallest absolute Gasteiger partial charge is 0.351 e. The van der Waals surface area contributed by atoms with Crippen LogP contribution in [0.25, 0.3) is 27.1 Å². The molecule has 0 radical (unpaired) electrons. The van der Waals surface area contributed by atoms with Crippen LogP contribution in [-0.2, 0) is 7.05 Å². The Morgan fingerprint density at radius 1 is 1.08 bits per heavy atom. The summed E-state index contributed by atoms with van der Waals surface area (Å²) in [7, 11) is 1.71. The molecule has 1 heterocycles. The molecular weight excluding hydrogens is 344 g/mol. The van der Waals surface area contributed by atoms with E-state index in [-0.39, 0.29) is 5.69 Å². The molecule has 0 atom stereocenters. The third kappa shape index (κ3) is 3.12. The molecule has 3 aromatic rings. The van der Waals surface area contributed by atoms with Crippen molar-refractivity contribution in [2.75, 3.05) is 5.75 Å². The molecule has 0 aliphatic carbocycles. The number of carboxylic acid groups (broad SMARTS) is 1. The van der Waals surface area contributed by atoms with Crippen molar-refractivity contribution in [2.24, 2.45) is 7.05 Å². The first-order valence-electron chi connectivity index (χ1n) is 8.20. The summed E-state index contributed by atoms with van der Waals surface area (Å²) in [6, 6.07) is 17.7. The summed E-state index contributed by atoms with van der Waals surface area (Å²) in [5.41, 5.74) is 3.94. The lowest BCUT2D eigenvalue weighted by molar-refractivity contribution is 0.0686. The highest BCUT2D eigenvalue weighted by Gasteiger charge is 2.26. The van der Waals surface area contributed by atoms with E-state index in [2.05, 4.69) is 4.85 Å². The van der Waals surface area contributed by atoms with Gasteiger partial charge in [-0.25, -0.2) is 9.64 Å². The second-order valence-corrected chi connectivity index (χ2v) is 6.98. The molecule has 5 heteroatoms. The van der Waals surface area contributed by atoms with Crippen molar-refractivity contribution in [3.05, 3.63) is 71.7 Å². The fourth-order valence-electron chi connectivity index (χ4n) is 3.04. The summed E-state index contributed by atoms with van der Waals surface area (Å²) in [6.07, 6.45) is 0. The fourth-order valence-corrected chi connectivity index (χ4v) is 3.88. The number of benzene rings is 2. The Morgan fingerprint density at radius 2 is 1.65 bits per heavy atom. The average molecular weight is 362 g/mol. The van der Waals surface area contributed by atoms with E-state index in [1.165, 1.54) is 11.8 Å². The molecular formula is C21H18N2O2S. The second kappa shape index (κ2) is 7.51. The minimum absolute atomic E-state index is 0.152. The van der Waals surface area contributed by atoms with Crippen molar-refractivity contribution < 1.29 is 9.90 Å². The van der Waals surface area contributed by atoms with Crippen LogP contribution in [0.4, 0.5) is 5.69 Å². The molecule has 0 saturated heterocycles. The minimum atomic E-state index is -1.03. The molecule has 2 aromatic carbocycles. The van der Waals surface area contributed by atoms with Gasteiger partial charge in [0.2, 0.25) is 5.69 Å². The maximum atomic E-state index is 11.9. The van der Waals surface area contributed by atoms with Gasteiger partial charge in [0, 0.05) is 12.6 Å². The molecule has 3 rings (SSSR count). The number of carbonyl (C=O) groups is 1. The van der Waals surface area contributed by atoms with E-state index in [0.29, 0.717) is 16.3 Å². The normalized spacial score (nSPS) is 10.5. The molecule has 0 aliphatic rings. The van der Waals surface area contributed by atoms with Crippen LogP contribution in [0.3, 0.4) is 0 Å². The highest BCUT2D eigenvalue weighted by atomic mass is 32.2. The van der Waals surface area contributed by atoms with Gasteiger partial charge in [-0.1, -0.05) is 61.5 Å². The number of hydrogen-bond donors (Lipinski definition) is 1. The summed E-state index contributed by atoms with van der Waals surface area (Å²) < 4.78 is 1.62. The van der Waals surface area contributed by atoms with E-state index in [1.54, 1.807) is 11.6 Å². The number of aromatic nitrogens is 1. The first-order valence-corrected chi connectivity index (χ1v) is 9.19. The van der Waals surface area contributed by atoms with Crippen LogP contribution < -0.4 is 0 Å². The van der Waals surface area contributed by atoms with Crippen LogP contribution in [0.5, 0.6) is 0 Å². The predicted octanol–water partition coefficient (Wildman–Crippen LogP) is 5.72. The van der Waals surface area contributed by atoms with E-state index >= 15 is 0 Å². The summed E-state index contributed by atoms with van der Waals surface area (Å²) in [5.74, 6) is -0.256. The lowest BCUT2D eigenvalue weighted by atomic mass is 9.99. The molecule has 0 fully saturated rings. The quantitative estimate of drug-likeness (QED) is 0.466. The highest BCUT2D eigenvalue weighted by molar-refractivity contribution is 7.99. The van der Waals surface area contributed by atoms with Crippen molar-refractivity contribution in [1.29, 1.82) is 0 Å². The number of rotatable bonds is 5. The van der Waals surface area contributed by atoms with E-state index in [4.69, 9.17) is 6.57 Å². The van der Waals surface area contributed by atoms with E-state index in [1.807, 2.05) is 61.5 Å². The average Bonchev–Trinajstić information content (AvgIpc) is 2.95. The summed E-state index contributed by atoms with van der Waals surface area (Å²) in [5, 5.41) is 10.4. The van der Waals surface area contributed by atoms with Crippen molar-refractivity contribution in [1.82, 2.24) is 4.57 Å². The van der Waals surface area contributed by atoms with E-state index in [9.17, 15) is 9.90 Å². The zero-order valence-corrected chi connectivity index (χ0v) is 15.4. The zero-order chi connectivity index (χ0) is 18.7. The van der Waals surface area contributed by atoms with Crippen LogP contribution >= 0.6 is 11.8 Å². The van der Waals surface area contributed by atoms with Gasteiger partial charge in [0.05, 0.1) is 11.6 Å².